The predicted molar refractivity (Wildman–Crippen MR) is 71.7 cm³/mol. The van der Waals surface area contributed by atoms with Crippen molar-refractivity contribution in [1.82, 2.24) is 5.32 Å². The van der Waals surface area contributed by atoms with Crippen LogP contribution < -0.4 is 10.1 Å². The fourth-order valence-electron chi connectivity index (χ4n) is 1.94. The summed E-state index contributed by atoms with van der Waals surface area (Å²) in [5, 5.41) is 3.05. The van der Waals surface area contributed by atoms with Crippen LogP contribution in [-0.2, 0) is 13.2 Å². The first-order valence-electron chi connectivity index (χ1n) is 6.12. The maximum Gasteiger partial charge on any atom is 0.146 e. The van der Waals surface area contributed by atoms with Crippen LogP contribution in [0.2, 0.25) is 0 Å². The topological polar surface area (TPSA) is 34.4 Å². The van der Waals surface area contributed by atoms with E-state index < -0.39 is 0 Å². The summed E-state index contributed by atoms with van der Waals surface area (Å²) in [6.45, 7) is 5.31. The quantitative estimate of drug-likeness (QED) is 0.878. The fourth-order valence-corrected chi connectivity index (χ4v) is 1.94. The summed E-state index contributed by atoms with van der Waals surface area (Å²) in [5.41, 5.74) is 2.30. The highest BCUT2D eigenvalue weighted by Gasteiger charge is 2.06. The summed E-state index contributed by atoms with van der Waals surface area (Å²) >= 11 is 0. The second-order valence-corrected chi connectivity index (χ2v) is 4.41. The molecule has 96 valence electrons. The maximum absolute atomic E-state index is 5.83. The second kappa shape index (κ2) is 5.74. The van der Waals surface area contributed by atoms with Gasteiger partial charge in [-0.1, -0.05) is 18.2 Å². The van der Waals surface area contributed by atoms with Gasteiger partial charge in [-0.15, -0.1) is 0 Å². The van der Waals surface area contributed by atoms with E-state index in [1.165, 1.54) is 0 Å². The van der Waals surface area contributed by atoms with Gasteiger partial charge in [0.2, 0.25) is 0 Å². The molecule has 0 fully saturated rings. The first kappa shape index (κ1) is 12.7. The van der Waals surface area contributed by atoms with E-state index >= 15 is 0 Å². The largest absolute Gasteiger partial charge is 0.485 e. The van der Waals surface area contributed by atoms with Crippen LogP contribution in [0.5, 0.6) is 5.75 Å². The van der Waals surface area contributed by atoms with Crippen molar-refractivity contribution in [3.8, 4) is 5.75 Å². The molecule has 1 aromatic carbocycles. The minimum atomic E-state index is 0.468. The third-order valence-electron chi connectivity index (χ3n) is 2.84. The Kier molecular flexibility index (Phi) is 4.05. The average molecular weight is 245 g/mol. The molecule has 1 N–H and O–H groups in total. The van der Waals surface area contributed by atoms with Gasteiger partial charge in [-0.05, 0) is 44.2 Å². The minimum absolute atomic E-state index is 0.468. The van der Waals surface area contributed by atoms with Crippen LogP contribution in [0.15, 0.2) is 34.7 Å². The van der Waals surface area contributed by atoms with E-state index in [9.17, 15) is 0 Å². The van der Waals surface area contributed by atoms with Gasteiger partial charge in [0.15, 0.2) is 0 Å². The lowest BCUT2D eigenvalue weighted by molar-refractivity contribution is 0.262. The Hall–Kier alpha value is -1.74. The molecule has 0 unspecified atom stereocenters. The molecule has 3 nitrogen and oxygen atoms in total. The van der Waals surface area contributed by atoms with Gasteiger partial charge in [0.05, 0.1) is 6.54 Å². The molecule has 1 heterocycles. The molecular weight excluding hydrogens is 226 g/mol. The Bertz CT molecular complexity index is 497. The van der Waals surface area contributed by atoms with E-state index in [1.54, 1.807) is 0 Å². The summed E-state index contributed by atoms with van der Waals surface area (Å²) < 4.78 is 11.5. The van der Waals surface area contributed by atoms with Gasteiger partial charge < -0.3 is 14.5 Å². The lowest BCUT2D eigenvalue weighted by Crippen LogP contribution is -2.03. The smallest absolute Gasteiger partial charge is 0.146 e. The van der Waals surface area contributed by atoms with Crippen molar-refractivity contribution < 1.29 is 9.15 Å². The number of rotatable bonds is 5. The monoisotopic (exact) mass is 245 g/mol. The van der Waals surface area contributed by atoms with E-state index in [0.29, 0.717) is 6.61 Å². The number of para-hydroxylation sites is 1. The zero-order valence-corrected chi connectivity index (χ0v) is 11.1. The number of furan rings is 1. The molecule has 0 bridgehead atoms. The highest BCUT2D eigenvalue weighted by atomic mass is 16.5. The third kappa shape index (κ3) is 2.93. The van der Waals surface area contributed by atoms with E-state index in [4.69, 9.17) is 9.15 Å². The molecule has 0 radical (unpaired) electrons. The molecule has 0 atom stereocenters. The van der Waals surface area contributed by atoms with Crippen LogP contribution in [0, 0.1) is 13.8 Å². The highest BCUT2D eigenvalue weighted by Crippen LogP contribution is 2.23. The van der Waals surface area contributed by atoms with Crippen LogP contribution in [0.3, 0.4) is 0 Å². The van der Waals surface area contributed by atoms with Gasteiger partial charge in [-0.25, -0.2) is 0 Å². The summed E-state index contributed by atoms with van der Waals surface area (Å²) in [6, 6.07) is 10.1. The van der Waals surface area contributed by atoms with E-state index in [2.05, 4.69) is 31.3 Å². The number of hydrogen-bond acceptors (Lipinski definition) is 3. The summed E-state index contributed by atoms with van der Waals surface area (Å²) in [4.78, 5) is 0. The molecular formula is C15H19NO2. The van der Waals surface area contributed by atoms with E-state index in [1.807, 2.05) is 25.2 Å². The Balaban J connectivity index is 2.02. The van der Waals surface area contributed by atoms with Crippen molar-refractivity contribution in [3.63, 3.8) is 0 Å². The number of nitrogens with one attached hydrogen (secondary N) is 1. The molecule has 18 heavy (non-hydrogen) atoms. The minimum Gasteiger partial charge on any atom is -0.485 e. The van der Waals surface area contributed by atoms with Gasteiger partial charge in [0.1, 0.15) is 23.9 Å². The highest BCUT2D eigenvalue weighted by molar-refractivity contribution is 5.39. The molecule has 0 amide bonds. The molecule has 3 heteroatoms. The van der Waals surface area contributed by atoms with Crippen molar-refractivity contribution in [2.45, 2.75) is 27.0 Å². The molecule has 1 aromatic heterocycles. The first-order valence-corrected chi connectivity index (χ1v) is 6.12. The van der Waals surface area contributed by atoms with Crippen molar-refractivity contribution >= 4 is 0 Å². The van der Waals surface area contributed by atoms with Gasteiger partial charge in [0.25, 0.3) is 0 Å². The molecule has 0 aliphatic carbocycles. The standard InChI is InChI=1S/C15H19NO2/c1-11-5-4-6-12(2)15(11)17-10-14-8-7-13(18-14)9-16-3/h4-8,16H,9-10H2,1-3H3. The molecule has 0 saturated heterocycles. The Morgan fingerprint density at radius 2 is 1.72 bits per heavy atom. The van der Waals surface area contributed by atoms with Crippen molar-refractivity contribution in [1.29, 1.82) is 0 Å². The van der Waals surface area contributed by atoms with E-state index in [-0.39, 0.29) is 0 Å². The maximum atomic E-state index is 5.83. The van der Waals surface area contributed by atoms with Gasteiger partial charge >= 0.3 is 0 Å². The average Bonchev–Trinajstić information content (AvgIpc) is 2.77. The second-order valence-electron chi connectivity index (χ2n) is 4.41. The molecule has 0 saturated carbocycles. The number of ether oxygens (including phenoxy) is 1. The van der Waals surface area contributed by atoms with Gasteiger partial charge in [-0.2, -0.15) is 0 Å². The van der Waals surface area contributed by atoms with Crippen LogP contribution in [0.4, 0.5) is 0 Å². The van der Waals surface area contributed by atoms with Crippen LogP contribution in [0.1, 0.15) is 22.6 Å². The summed E-state index contributed by atoms with van der Waals surface area (Å²) in [6.07, 6.45) is 0. The molecule has 2 aromatic rings. The van der Waals surface area contributed by atoms with Crippen molar-refractivity contribution in [2.75, 3.05) is 7.05 Å². The SMILES string of the molecule is CNCc1ccc(COc2c(C)cccc2C)o1. The summed E-state index contributed by atoms with van der Waals surface area (Å²) in [7, 11) is 1.90. The van der Waals surface area contributed by atoms with Gasteiger partial charge in [0, 0.05) is 0 Å². The first-order chi connectivity index (χ1) is 8.70. The predicted octanol–water partition coefficient (Wildman–Crippen LogP) is 3.19. The molecule has 0 spiro atoms. The lowest BCUT2D eigenvalue weighted by Gasteiger charge is -2.10. The van der Waals surface area contributed by atoms with Crippen LogP contribution >= 0.6 is 0 Å². The molecule has 0 aliphatic rings. The third-order valence-corrected chi connectivity index (χ3v) is 2.84. The fraction of sp³-hybridized carbons (Fsp3) is 0.333. The number of aryl methyl sites for hydroxylation is 2. The van der Waals surface area contributed by atoms with Crippen LogP contribution in [-0.4, -0.2) is 7.05 Å². The van der Waals surface area contributed by atoms with Crippen molar-refractivity contribution in [2.24, 2.45) is 0 Å². The zero-order valence-electron chi connectivity index (χ0n) is 11.1. The Labute approximate surface area is 108 Å². The molecule has 0 aliphatic heterocycles. The van der Waals surface area contributed by atoms with Crippen LogP contribution in [0.25, 0.3) is 0 Å². The summed E-state index contributed by atoms with van der Waals surface area (Å²) in [5.74, 6) is 2.73. The zero-order chi connectivity index (χ0) is 13.0. The Morgan fingerprint density at radius 1 is 1.06 bits per heavy atom. The van der Waals surface area contributed by atoms with Gasteiger partial charge in [-0.3, -0.25) is 0 Å². The number of hydrogen-bond donors (Lipinski definition) is 1. The lowest BCUT2D eigenvalue weighted by atomic mass is 10.1. The normalized spacial score (nSPS) is 10.6. The van der Waals surface area contributed by atoms with Crippen molar-refractivity contribution in [3.05, 3.63) is 53.0 Å². The van der Waals surface area contributed by atoms with E-state index in [0.717, 1.165) is 34.9 Å². The Morgan fingerprint density at radius 3 is 2.39 bits per heavy atom. The molecule has 2 rings (SSSR count). The number of benzene rings is 1.